The number of pyridine rings is 1. The first-order valence-electron chi connectivity index (χ1n) is 11.8. The number of nitrogens with two attached hydrogens (primary N) is 1. The van der Waals surface area contributed by atoms with Crippen molar-refractivity contribution in [2.24, 2.45) is 5.73 Å². The smallest absolute Gasteiger partial charge is 0.132 e. The summed E-state index contributed by atoms with van der Waals surface area (Å²) in [7, 11) is 3.38. The van der Waals surface area contributed by atoms with Crippen molar-refractivity contribution in [1.82, 2.24) is 9.55 Å². The number of hydrogen-bond donors (Lipinski definition) is 1. The van der Waals surface area contributed by atoms with E-state index in [4.69, 9.17) is 20.2 Å². The number of anilines is 1. The fraction of sp³-hybridized carbons (Fsp3) is 0.321. The highest BCUT2D eigenvalue weighted by Crippen LogP contribution is 2.40. The van der Waals surface area contributed by atoms with E-state index < -0.39 is 0 Å². The molecule has 34 heavy (non-hydrogen) atoms. The van der Waals surface area contributed by atoms with Crippen LogP contribution in [0.3, 0.4) is 0 Å². The summed E-state index contributed by atoms with van der Waals surface area (Å²) in [5.74, 6) is 2.71. The zero-order chi connectivity index (χ0) is 23.7. The van der Waals surface area contributed by atoms with Crippen molar-refractivity contribution in [3.63, 3.8) is 0 Å². The minimum Gasteiger partial charge on any atom is -0.497 e. The van der Waals surface area contributed by atoms with Crippen LogP contribution in [0.2, 0.25) is 0 Å². The van der Waals surface area contributed by atoms with E-state index in [1.165, 1.54) is 35.2 Å². The Bertz CT molecular complexity index is 1230. The van der Waals surface area contributed by atoms with Gasteiger partial charge in [-0.2, -0.15) is 0 Å². The molecule has 1 aliphatic carbocycles. The predicted molar refractivity (Wildman–Crippen MR) is 137 cm³/mol. The molecular formula is C28H32N4O2. The SMILES string of the molecule is COc1ccc(CN(Cc2ccc(OC)cc2)c2nc3cc(CN)n(C4CC4)c3cc2C)cc1. The number of aromatic nitrogens is 2. The van der Waals surface area contributed by atoms with Crippen molar-refractivity contribution in [2.75, 3.05) is 19.1 Å². The quantitative estimate of drug-likeness (QED) is 0.367. The molecule has 1 saturated carbocycles. The summed E-state index contributed by atoms with van der Waals surface area (Å²) in [5.41, 5.74) is 13.0. The first-order valence-corrected chi connectivity index (χ1v) is 11.8. The van der Waals surface area contributed by atoms with Gasteiger partial charge in [-0.05, 0) is 72.9 Å². The van der Waals surface area contributed by atoms with Crippen molar-refractivity contribution in [3.8, 4) is 11.5 Å². The van der Waals surface area contributed by atoms with Gasteiger partial charge in [0.2, 0.25) is 0 Å². The number of aryl methyl sites for hydroxylation is 1. The van der Waals surface area contributed by atoms with Crippen LogP contribution in [0.1, 0.15) is 41.3 Å². The molecule has 0 radical (unpaired) electrons. The summed E-state index contributed by atoms with van der Waals surface area (Å²) in [4.78, 5) is 7.52. The Balaban J connectivity index is 1.54. The van der Waals surface area contributed by atoms with Gasteiger partial charge in [-0.3, -0.25) is 0 Å². The van der Waals surface area contributed by atoms with Crippen molar-refractivity contribution in [1.29, 1.82) is 0 Å². The van der Waals surface area contributed by atoms with E-state index in [2.05, 4.69) is 52.8 Å². The number of benzene rings is 2. The molecule has 2 aromatic carbocycles. The lowest BCUT2D eigenvalue weighted by atomic mass is 10.1. The van der Waals surface area contributed by atoms with Gasteiger partial charge in [0.15, 0.2) is 0 Å². The van der Waals surface area contributed by atoms with Gasteiger partial charge in [0, 0.05) is 31.4 Å². The molecule has 6 heteroatoms. The summed E-state index contributed by atoms with van der Waals surface area (Å²) in [6.07, 6.45) is 2.44. The van der Waals surface area contributed by atoms with Gasteiger partial charge in [-0.15, -0.1) is 0 Å². The molecule has 1 fully saturated rings. The minimum atomic E-state index is 0.530. The Morgan fingerprint density at radius 2 is 1.47 bits per heavy atom. The Morgan fingerprint density at radius 1 is 0.912 bits per heavy atom. The van der Waals surface area contributed by atoms with Gasteiger partial charge < -0.3 is 24.7 Å². The maximum atomic E-state index is 6.09. The van der Waals surface area contributed by atoms with E-state index >= 15 is 0 Å². The summed E-state index contributed by atoms with van der Waals surface area (Å²) in [6.45, 7) is 4.16. The first-order chi connectivity index (χ1) is 16.6. The van der Waals surface area contributed by atoms with E-state index in [0.717, 1.165) is 41.5 Å². The summed E-state index contributed by atoms with van der Waals surface area (Å²) in [6, 6.07) is 21.5. The Hall–Kier alpha value is -3.51. The summed E-state index contributed by atoms with van der Waals surface area (Å²) >= 11 is 0. The van der Waals surface area contributed by atoms with Gasteiger partial charge in [0.1, 0.15) is 17.3 Å². The lowest BCUT2D eigenvalue weighted by Gasteiger charge is -2.26. The molecule has 4 aromatic rings. The summed E-state index contributed by atoms with van der Waals surface area (Å²) < 4.78 is 13.1. The number of rotatable bonds is 9. The van der Waals surface area contributed by atoms with Crippen LogP contribution in [0.4, 0.5) is 5.82 Å². The number of fused-ring (bicyclic) bond motifs is 1. The monoisotopic (exact) mass is 456 g/mol. The standard InChI is InChI=1S/C28H32N4O2/c1-19-14-27-26(15-23(16-29)32(27)22-8-9-22)30-28(19)31(17-20-4-10-24(33-2)11-5-20)18-21-6-12-25(34-3)13-7-21/h4-7,10-15,22H,8-9,16-18,29H2,1-3H3. The topological polar surface area (TPSA) is 65.5 Å². The maximum absolute atomic E-state index is 6.09. The van der Waals surface area contributed by atoms with Crippen LogP contribution < -0.4 is 20.1 Å². The van der Waals surface area contributed by atoms with Crippen molar-refractivity contribution in [2.45, 2.75) is 45.4 Å². The lowest BCUT2D eigenvalue weighted by molar-refractivity contribution is 0.414. The molecule has 0 unspecified atom stereocenters. The van der Waals surface area contributed by atoms with E-state index in [9.17, 15) is 0 Å². The second-order valence-electron chi connectivity index (χ2n) is 9.03. The third kappa shape index (κ3) is 4.46. The highest BCUT2D eigenvalue weighted by molar-refractivity contribution is 5.81. The average molecular weight is 457 g/mol. The molecule has 0 aliphatic heterocycles. The average Bonchev–Trinajstić information content (AvgIpc) is 3.64. The van der Waals surface area contributed by atoms with E-state index in [-0.39, 0.29) is 0 Å². The predicted octanol–water partition coefficient (Wildman–Crippen LogP) is 5.36. The number of ether oxygens (including phenoxy) is 2. The molecule has 1 aliphatic rings. The molecule has 6 nitrogen and oxygen atoms in total. The van der Waals surface area contributed by atoms with E-state index in [0.29, 0.717) is 12.6 Å². The molecule has 0 spiro atoms. The second kappa shape index (κ2) is 9.39. The highest BCUT2D eigenvalue weighted by Gasteiger charge is 2.28. The van der Waals surface area contributed by atoms with Crippen LogP contribution in [-0.4, -0.2) is 23.8 Å². The zero-order valence-electron chi connectivity index (χ0n) is 20.1. The van der Waals surface area contributed by atoms with Crippen LogP contribution in [0.25, 0.3) is 11.0 Å². The van der Waals surface area contributed by atoms with E-state index in [1.807, 2.05) is 24.3 Å². The summed E-state index contributed by atoms with van der Waals surface area (Å²) in [5, 5.41) is 0. The molecule has 0 amide bonds. The van der Waals surface area contributed by atoms with Crippen LogP contribution in [-0.2, 0) is 19.6 Å². The number of methoxy groups -OCH3 is 2. The van der Waals surface area contributed by atoms with Crippen molar-refractivity contribution >= 4 is 16.9 Å². The molecule has 0 bridgehead atoms. The Labute approximate surface area is 200 Å². The minimum absolute atomic E-state index is 0.530. The fourth-order valence-corrected chi connectivity index (χ4v) is 4.63. The molecule has 176 valence electrons. The molecule has 0 saturated heterocycles. The fourth-order valence-electron chi connectivity index (χ4n) is 4.63. The van der Waals surface area contributed by atoms with Gasteiger partial charge in [0.05, 0.1) is 25.3 Å². The third-order valence-electron chi connectivity index (χ3n) is 6.55. The van der Waals surface area contributed by atoms with Crippen molar-refractivity contribution < 1.29 is 9.47 Å². The highest BCUT2D eigenvalue weighted by atomic mass is 16.5. The Kier molecular flexibility index (Phi) is 6.16. The van der Waals surface area contributed by atoms with Crippen LogP contribution in [0.15, 0.2) is 60.7 Å². The van der Waals surface area contributed by atoms with Crippen LogP contribution >= 0.6 is 0 Å². The zero-order valence-corrected chi connectivity index (χ0v) is 20.1. The number of hydrogen-bond acceptors (Lipinski definition) is 5. The van der Waals surface area contributed by atoms with E-state index in [1.54, 1.807) is 14.2 Å². The van der Waals surface area contributed by atoms with Crippen molar-refractivity contribution in [3.05, 3.63) is 83.0 Å². The maximum Gasteiger partial charge on any atom is 0.132 e. The molecule has 5 rings (SSSR count). The Morgan fingerprint density at radius 3 is 1.94 bits per heavy atom. The lowest BCUT2D eigenvalue weighted by Crippen LogP contribution is -2.24. The second-order valence-corrected chi connectivity index (χ2v) is 9.03. The largest absolute Gasteiger partial charge is 0.497 e. The van der Waals surface area contributed by atoms with Gasteiger partial charge in [-0.1, -0.05) is 24.3 Å². The van der Waals surface area contributed by atoms with Crippen LogP contribution in [0, 0.1) is 6.92 Å². The third-order valence-corrected chi connectivity index (χ3v) is 6.55. The molecule has 2 heterocycles. The molecular weight excluding hydrogens is 424 g/mol. The number of nitrogens with zero attached hydrogens (tertiary/aromatic N) is 3. The molecule has 0 atom stereocenters. The normalized spacial score (nSPS) is 13.3. The van der Waals surface area contributed by atoms with Crippen LogP contribution in [0.5, 0.6) is 11.5 Å². The first kappa shape index (κ1) is 22.3. The molecule has 2 aromatic heterocycles. The molecule has 2 N–H and O–H groups in total. The van der Waals surface area contributed by atoms with Gasteiger partial charge >= 0.3 is 0 Å². The van der Waals surface area contributed by atoms with Gasteiger partial charge in [0.25, 0.3) is 0 Å². The van der Waals surface area contributed by atoms with Gasteiger partial charge in [-0.25, -0.2) is 4.98 Å².